The van der Waals surface area contributed by atoms with Gasteiger partial charge in [0.05, 0.1) is 0 Å². The van der Waals surface area contributed by atoms with E-state index in [4.69, 9.17) is 0 Å². The summed E-state index contributed by atoms with van der Waals surface area (Å²) in [6.07, 6.45) is 2.46. The number of nitrogens with one attached hydrogen (secondary N) is 1. The highest BCUT2D eigenvalue weighted by atomic mass is 35.5. The minimum absolute atomic E-state index is 0. The van der Waals surface area contributed by atoms with Crippen molar-refractivity contribution in [3.05, 3.63) is 29.8 Å². The first-order chi connectivity index (χ1) is 12.5. The smallest absolute Gasteiger partial charge is 0.285 e. The number of carbonyl (C=O) groups excluding carboxylic acids is 1. The number of hydrogen-bond donors (Lipinski definition) is 1. The van der Waals surface area contributed by atoms with Crippen LogP contribution in [-0.4, -0.2) is 69.2 Å². The monoisotopic (exact) mass is 412 g/mol. The van der Waals surface area contributed by atoms with Crippen LogP contribution in [0.5, 0.6) is 0 Å². The Kier molecular flexibility index (Phi) is 5.79. The van der Waals surface area contributed by atoms with Gasteiger partial charge in [-0.15, -0.1) is 16.8 Å². The third-order valence-corrected chi connectivity index (χ3v) is 7.01. The average Bonchev–Trinajstić information content (AvgIpc) is 3.28. The van der Waals surface area contributed by atoms with Crippen LogP contribution in [0.3, 0.4) is 0 Å². The zero-order valence-electron chi connectivity index (χ0n) is 15.3. The molecule has 2 fully saturated rings. The minimum atomic E-state index is -3.59. The second-order valence-electron chi connectivity index (χ2n) is 7.24. The SMILES string of the molecule is CN(C(=O)C1CCN(C2=NS(=O)(=O)c3ccccc32)CC1)C1CCNC1.Cl. The number of fused-ring (bicyclic) bond motifs is 1. The predicted molar refractivity (Wildman–Crippen MR) is 106 cm³/mol. The molecule has 1 amide bonds. The van der Waals surface area contributed by atoms with Crippen molar-refractivity contribution in [2.24, 2.45) is 10.3 Å². The quantitative estimate of drug-likeness (QED) is 0.786. The van der Waals surface area contributed by atoms with Gasteiger partial charge in [-0.25, -0.2) is 0 Å². The van der Waals surface area contributed by atoms with E-state index in [1.54, 1.807) is 18.2 Å². The Morgan fingerprint density at radius 1 is 1.22 bits per heavy atom. The molecule has 27 heavy (non-hydrogen) atoms. The number of halogens is 1. The molecular formula is C18H25ClN4O3S. The first-order valence-corrected chi connectivity index (χ1v) is 10.6. The van der Waals surface area contributed by atoms with E-state index in [1.165, 1.54) is 0 Å². The molecule has 148 valence electrons. The Hall–Kier alpha value is -1.64. The van der Waals surface area contributed by atoms with Gasteiger partial charge in [0, 0.05) is 44.2 Å². The predicted octanol–water partition coefficient (Wildman–Crippen LogP) is 1.09. The molecule has 1 atom stereocenters. The van der Waals surface area contributed by atoms with Crippen LogP contribution in [0.2, 0.25) is 0 Å². The average molecular weight is 413 g/mol. The normalized spacial score (nSPS) is 24.1. The van der Waals surface area contributed by atoms with Crippen molar-refractivity contribution >= 4 is 34.2 Å². The van der Waals surface area contributed by atoms with Crippen LogP contribution in [0.25, 0.3) is 0 Å². The van der Waals surface area contributed by atoms with Crippen LogP contribution in [0, 0.1) is 5.92 Å². The van der Waals surface area contributed by atoms with Crippen LogP contribution in [-0.2, 0) is 14.8 Å². The summed E-state index contributed by atoms with van der Waals surface area (Å²) in [7, 11) is -1.70. The molecule has 3 aliphatic rings. The lowest BCUT2D eigenvalue weighted by Gasteiger charge is -2.35. The van der Waals surface area contributed by atoms with Gasteiger partial charge in [0.2, 0.25) is 5.91 Å². The Bertz CT molecular complexity index is 844. The summed E-state index contributed by atoms with van der Waals surface area (Å²) in [6, 6.07) is 7.24. The molecule has 0 radical (unpaired) electrons. The van der Waals surface area contributed by atoms with Gasteiger partial charge in [0.1, 0.15) is 4.90 Å². The van der Waals surface area contributed by atoms with Crippen molar-refractivity contribution in [2.75, 3.05) is 33.2 Å². The van der Waals surface area contributed by atoms with E-state index >= 15 is 0 Å². The molecule has 3 heterocycles. The van der Waals surface area contributed by atoms with Gasteiger partial charge in [0.25, 0.3) is 10.0 Å². The summed E-state index contributed by atoms with van der Waals surface area (Å²) in [5.41, 5.74) is 0.673. The Morgan fingerprint density at radius 3 is 2.59 bits per heavy atom. The Labute approximate surface area is 166 Å². The van der Waals surface area contributed by atoms with Gasteiger partial charge >= 0.3 is 0 Å². The van der Waals surface area contributed by atoms with Crippen LogP contribution < -0.4 is 5.32 Å². The molecule has 4 rings (SSSR count). The number of sulfonamides is 1. The number of likely N-dealkylation sites (N-methyl/N-ethyl adjacent to an activating group) is 1. The first-order valence-electron chi connectivity index (χ1n) is 9.14. The van der Waals surface area contributed by atoms with Gasteiger partial charge in [-0.05, 0) is 37.9 Å². The molecule has 0 aromatic heterocycles. The zero-order chi connectivity index (χ0) is 18.3. The third kappa shape index (κ3) is 3.70. The molecule has 1 unspecified atom stereocenters. The molecular weight excluding hydrogens is 388 g/mol. The number of piperidine rings is 1. The second kappa shape index (κ2) is 7.77. The number of hydrogen-bond acceptors (Lipinski definition) is 5. The molecule has 7 nitrogen and oxygen atoms in total. The van der Waals surface area contributed by atoms with Crippen molar-refractivity contribution in [3.8, 4) is 0 Å². The van der Waals surface area contributed by atoms with Gasteiger partial charge < -0.3 is 15.1 Å². The summed E-state index contributed by atoms with van der Waals surface area (Å²) < 4.78 is 28.5. The van der Waals surface area contributed by atoms with Crippen LogP contribution >= 0.6 is 12.4 Å². The van der Waals surface area contributed by atoms with Gasteiger partial charge in [0.15, 0.2) is 5.84 Å². The number of likely N-dealkylation sites (tertiary alicyclic amines) is 1. The van der Waals surface area contributed by atoms with E-state index in [1.807, 2.05) is 22.9 Å². The number of rotatable bonds is 2. The van der Waals surface area contributed by atoms with Gasteiger partial charge in [-0.3, -0.25) is 4.79 Å². The number of nitrogens with zero attached hydrogens (tertiary/aromatic N) is 3. The summed E-state index contributed by atoms with van der Waals surface area (Å²) in [5, 5.41) is 3.30. The van der Waals surface area contributed by atoms with E-state index in [2.05, 4.69) is 9.71 Å². The fourth-order valence-electron chi connectivity index (χ4n) is 4.09. The van der Waals surface area contributed by atoms with E-state index in [-0.39, 0.29) is 35.2 Å². The molecule has 0 saturated carbocycles. The highest BCUT2D eigenvalue weighted by Gasteiger charge is 2.36. The minimum Gasteiger partial charge on any atom is -0.355 e. The molecule has 2 saturated heterocycles. The Balaban J connectivity index is 0.00000210. The number of benzene rings is 1. The summed E-state index contributed by atoms with van der Waals surface area (Å²) in [4.78, 5) is 16.9. The third-order valence-electron chi connectivity index (χ3n) is 5.69. The lowest BCUT2D eigenvalue weighted by Crippen LogP contribution is -2.46. The fourth-order valence-corrected chi connectivity index (χ4v) is 5.32. The lowest BCUT2D eigenvalue weighted by molar-refractivity contribution is -0.137. The van der Waals surface area contributed by atoms with E-state index < -0.39 is 10.0 Å². The molecule has 0 bridgehead atoms. The maximum Gasteiger partial charge on any atom is 0.285 e. The van der Waals surface area contributed by atoms with Crippen molar-refractivity contribution in [2.45, 2.75) is 30.2 Å². The van der Waals surface area contributed by atoms with Crippen LogP contribution in [0.1, 0.15) is 24.8 Å². The second-order valence-corrected chi connectivity index (χ2v) is 8.82. The van der Waals surface area contributed by atoms with Crippen molar-refractivity contribution in [1.29, 1.82) is 0 Å². The van der Waals surface area contributed by atoms with Gasteiger partial charge in [-0.1, -0.05) is 12.1 Å². The van der Waals surface area contributed by atoms with E-state index in [0.717, 1.165) is 32.4 Å². The van der Waals surface area contributed by atoms with Crippen LogP contribution in [0.15, 0.2) is 33.6 Å². The number of amides is 1. The lowest BCUT2D eigenvalue weighted by atomic mass is 9.94. The standard InChI is InChI=1S/C18H24N4O3S.ClH/c1-21(14-6-9-19-12-14)18(23)13-7-10-22(11-8-13)17-15-4-2-3-5-16(15)26(24,25)20-17;/h2-5,13-14,19H,6-12H2,1H3;1H. The van der Waals surface area contributed by atoms with Gasteiger partial charge in [-0.2, -0.15) is 8.42 Å². The summed E-state index contributed by atoms with van der Waals surface area (Å²) in [5.74, 6) is 0.741. The molecule has 0 spiro atoms. The number of amidine groups is 1. The largest absolute Gasteiger partial charge is 0.355 e. The molecule has 1 aromatic rings. The van der Waals surface area contributed by atoms with E-state index in [0.29, 0.717) is 24.5 Å². The van der Waals surface area contributed by atoms with E-state index in [9.17, 15) is 13.2 Å². The molecule has 0 aliphatic carbocycles. The highest BCUT2D eigenvalue weighted by Crippen LogP contribution is 2.30. The van der Waals surface area contributed by atoms with Crippen molar-refractivity contribution in [3.63, 3.8) is 0 Å². The molecule has 1 aromatic carbocycles. The maximum atomic E-state index is 12.8. The highest BCUT2D eigenvalue weighted by molar-refractivity contribution is 7.90. The first kappa shape index (κ1) is 20.1. The Morgan fingerprint density at radius 2 is 1.93 bits per heavy atom. The van der Waals surface area contributed by atoms with Crippen LogP contribution in [0.4, 0.5) is 0 Å². The molecule has 9 heteroatoms. The maximum absolute atomic E-state index is 12.8. The topological polar surface area (TPSA) is 82.1 Å². The summed E-state index contributed by atoms with van der Waals surface area (Å²) >= 11 is 0. The van der Waals surface area contributed by atoms with Crippen molar-refractivity contribution in [1.82, 2.24) is 15.1 Å². The van der Waals surface area contributed by atoms with Crippen molar-refractivity contribution < 1.29 is 13.2 Å². The molecule has 1 N–H and O–H groups in total. The fraction of sp³-hybridized carbons (Fsp3) is 0.556. The zero-order valence-corrected chi connectivity index (χ0v) is 16.9. The summed E-state index contributed by atoms with van der Waals surface area (Å²) in [6.45, 7) is 3.13. The molecule has 3 aliphatic heterocycles. The number of carbonyl (C=O) groups is 1.